The van der Waals surface area contributed by atoms with Gasteiger partial charge in [-0.15, -0.1) is 0 Å². The largest absolute Gasteiger partial charge is 0.287 e. The number of ketones is 1. The van der Waals surface area contributed by atoms with Crippen LogP contribution < -0.4 is 0 Å². The maximum Gasteiger partial charge on any atom is 0.211 e. The molecule has 0 N–H and O–H groups in total. The third-order valence-corrected chi connectivity index (χ3v) is 2.86. The van der Waals surface area contributed by atoms with Crippen molar-refractivity contribution >= 4 is 5.78 Å². The van der Waals surface area contributed by atoms with Gasteiger partial charge in [0.25, 0.3) is 0 Å². The van der Waals surface area contributed by atoms with E-state index in [0.717, 1.165) is 11.1 Å². The Morgan fingerprint density at radius 3 is 2.44 bits per heavy atom. The molecule has 18 heavy (non-hydrogen) atoms. The molecule has 1 heterocycles. The number of carbonyl (C=O) groups is 1. The molecule has 0 radical (unpaired) electrons. The van der Waals surface area contributed by atoms with Gasteiger partial charge in [0.05, 0.1) is 0 Å². The molecule has 1 aromatic carbocycles. The third kappa shape index (κ3) is 2.30. The minimum atomic E-state index is -0.336. The highest BCUT2D eigenvalue weighted by atomic mass is 19.1. The van der Waals surface area contributed by atoms with Crippen molar-refractivity contribution in [1.29, 1.82) is 0 Å². The second-order valence-corrected chi connectivity index (χ2v) is 4.47. The molecule has 0 atom stereocenters. The predicted molar refractivity (Wildman–Crippen MR) is 68.3 cm³/mol. The molecule has 0 aliphatic rings. The molecule has 0 bridgehead atoms. The highest BCUT2D eigenvalue weighted by Gasteiger charge is 2.15. The van der Waals surface area contributed by atoms with Gasteiger partial charge in [-0.05, 0) is 55.7 Å². The lowest BCUT2D eigenvalue weighted by molar-refractivity contribution is 0.103. The van der Waals surface area contributed by atoms with E-state index in [4.69, 9.17) is 0 Å². The Morgan fingerprint density at radius 1 is 1.11 bits per heavy atom. The number of hydrogen-bond acceptors (Lipinski definition) is 2. The van der Waals surface area contributed by atoms with E-state index in [9.17, 15) is 9.18 Å². The maximum atomic E-state index is 13.0. The van der Waals surface area contributed by atoms with Crippen molar-refractivity contribution in [2.45, 2.75) is 20.8 Å². The number of pyridine rings is 1. The lowest BCUT2D eigenvalue weighted by atomic mass is 9.99. The highest BCUT2D eigenvalue weighted by molar-refractivity contribution is 6.09. The zero-order chi connectivity index (χ0) is 13.3. The van der Waals surface area contributed by atoms with Crippen molar-refractivity contribution in [1.82, 2.24) is 4.98 Å². The van der Waals surface area contributed by atoms with Crippen molar-refractivity contribution < 1.29 is 9.18 Å². The van der Waals surface area contributed by atoms with Crippen LogP contribution in [0.15, 0.2) is 30.5 Å². The first-order chi connectivity index (χ1) is 8.49. The van der Waals surface area contributed by atoms with Crippen LogP contribution in [0.1, 0.15) is 32.7 Å². The Kier molecular flexibility index (Phi) is 3.24. The molecule has 92 valence electrons. The summed E-state index contributed by atoms with van der Waals surface area (Å²) in [6, 6.07) is 6.08. The van der Waals surface area contributed by atoms with Crippen molar-refractivity contribution in [3.8, 4) is 0 Å². The van der Waals surface area contributed by atoms with Crippen molar-refractivity contribution in [2.75, 3.05) is 0 Å². The highest BCUT2D eigenvalue weighted by Crippen LogP contribution is 2.17. The summed E-state index contributed by atoms with van der Waals surface area (Å²) in [6.45, 7) is 5.50. The average molecular weight is 243 g/mol. The molecule has 0 amide bonds. The lowest BCUT2D eigenvalue weighted by Crippen LogP contribution is -2.08. The molecule has 0 saturated heterocycles. The van der Waals surface area contributed by atoms with E-state index < -0.39 is 0 Å². The van der Waals surface area contributed by atoms with Crippen molar-refractivity contribution in [2.24, 2.45) is 0 Å². The molecule has 0 aliphatic heterocycles. The molecular weight excluding hydrogens is 229 g/mol. The van der Waals surface area contributed by atoms with E-state index in [1.54, 1.807) is 13.1 Å². The zero-order valence-electron chi connectivity index (χ0n) is 10.6. The molecule has 0 aliphatic carbocycles. The van der Waals surface area contributed by atoms with Crippen LogP contribution in [0.2, 0.25) is 0 Å². The fraction of sp³-hybridized carbons (Fsp3) is 0.200. The fourth-order valence-electron chi connectivity index (χ4n) is 1.96. The van der Waals surface area contributed by atoms with Crippen molar-refractivity contribution in [3.05, 3.63) is 64.2 Å². The number of carbonyl (C=O) groups excluding carboxylic acids is 1. The summed E-state index contributed by atoms with van der Waals surface area (Å²) in [7, 11) is 0. The molecule has 2 nitrogen and oxygen atoms in total. The second-order valence-electron chi connectivity index (χ2n) is 4.47. The Bertz CT molecular complexity index is 566. The van der Waals surface area contributed by atoms with Gasteiger partial charge in [0.2, 0.25) is 5.78 Å². The van der Waals surface area contributed by atoms with Gasteiger partial charge >= 0.3 is 0 Å². The summed E-state index contributed by atoms with van der Waals surface area (Å²) < 4.78 is 13.0. The van der Waals surface area contributed by atoms with E-state index in [2.05, 4.69) is 4.98 Å². The van der Waals surface area contributed by atoms with Gasteiger partial charge in [-0.25, -0.2) is 4.39 Å². The van der Waals surface area contributed by atoms with Crippen LogP contribution in [-0.2, 0) is 0 Å². The molecule has 0 fully saturated rings. The fourth-order valence-corrected chi connectivity index (χ4v) is 1.96. The number of nitrogens with zero attached hydrogens (tertiary/aromatic N) is 1. The van der Waals surface area contributed by atoms with Crippen LogP contribution >= 0.6 is 0 Å². The van der Waals surface area contributed by atoms with Crippen LogP contribution in [0.3, 0.4) is 0 Å². The minimum Gasteiger partial charge on any atom is -0.287 e. The van der Waals surface area contributed by atoms with E-state index in [0.29, 0.717) is 16.8 Å². The van der Waals surface area contributed by atoms with Gasteiger partial charge in [0.1, 0.15) is 11.5 Å². The molecule has 0 saturated carbocycles. The maximum absolute atomic E-state index is 13.0. The van der Waals surface area contributed by atoms with Gasteiger partial charge in [-0.2, -0.15) is 0 Å². The van der Waals surface area contributed by atoms with Crippen LogP contribution in [0.5, 0.6) is 0 Å². The SMILES string of the molecule is Cc1cnc(C(=O)c2ccc(F)cc2C)c(C)c1. The quantitative estimate of drug-likeness (QED) is 0.757. The first-order valence-electron chi connectivity index (χ1n) is 5.73. The Hall–Kier alpha value is -2.03. The summed E-state index contributed by atoms with van der Waals surface area (Å²) in [4.78, 5) is 16.5. The summed E-state index contributed by atoms with van der Waals surface area (Å²) in [5.74, 6) is -0.498. The number of hydrogen-bond donors (Lipinski definition) is 0. The van der Waals surface area contributed by atoms with Gasteiger partial charge in [-0.3, -0.25) is 9.78 Å². The van der Waals surface area contributed by atoms with E-state index >= 15 is 0 Å². The Morgan fingerprint density at radius 2 is 1.83 bits per heavy atom. The van der Waals surface area contributed by atoms with E-state index in [1.807, 2.05) is 19.9 Å². The van der Waals surface area contributed by atoms with Gasteiger partial charge < -0.3 is 0 Å². The zero-order valence-corrected chi connectivity index (χ0v) is 10.6. The smallest absolute Gasteiger partial charge is 0.211 e. The third-order valence-electron chi connectivity index (χ3n) is 2.86. The van der Waals surface area contributed by atoms with Crippen LogP contribution in [0.25, 0.3) is 0 Å². The van der Waals surface area contributed by atoms with Gasteiger partial charge in [-0.1, -0.05) is 6.07 Å². The average Bonchev–Trinajstić information content (AvgIpc) is 2.28. The summed E-state index contributed by atoms with van der Waals surface area (Å²) in [5.41, 5.74) is 3.40. The molecule has 2 aromatic rings. The number of aryl methyl sites for hydroxylation is 3. The molecule has 0 unspecified atom stereocenters. The minimum absolute atomic E-state index is 0.162. The van der Waals surface area contributed by atoms with Crippen LogP contribution in [0, 0.1) is 26.6 Å². The molecule has 2 rings (SSSR count). The second kappa shape index (κ2) is 4.69. The Labute approximate surface area is 105 Å². The van der Waals surface area contributed by atoms with Crippen molar-refractivity contribution in [3.63, 3.8) is 0 Å². The molecule has 0 spiro atoms. The molecule has 1 aromatic heterocycles. The molecular formula is C15H14FNO. The predicted octanol–water partition coefficient (Wildman–Crippen LogP) is 3.38. The summed E-state index contributed by atoms with van der Waals surface area (Å²) in [5, 5.41) is 0. The van der Waals surface area contributed by atoms with Gasteiger partial charge in [0.15, 0.2) is 0 Å². The first-order valence-corrected chi connectivity index (χ1v) is 5.73. The topological polar surface area (TPSA) is 30.0 Å². The van der Waals surface area contributed by atoms with Crippen LogP contribution in [0.4, 0.5) is 4.39 Å². The summed E-state index contributed by atoms with van der Waals surface area (Å²) >= 11 is 0. The number of benzene rings is 1. The number of halogens is 1. The molecule has 3 heteroatoms. The Balaban J connectivity index is 2.48. The normalized spacial score (nSPS) is 10.4. The standard InChI is InChI=1S/C15H14FNO/c1-9-6-11(3)14(17-8-9)15(18)13-5-4-12(16)7-10(13)2/h4-8H,1-3H3. The first kappa shape index (κ1) is 12.4. The number of rotatable bonds is 2. The summed E-state index contributed by atoms with van der Waals surface area (Å²) in [6.07, 6.45) is 1.67. The van der Waals surface area contributed by atoms with Gasteiger partial charge in [0, 0.05) is 11.8 Å². The van der Waals surface area contributed by atoms with E-state index in [-0.39, 0.29) is 11.6 Å². The van der Waals surface area contributed by atoms with E-state index in [1.165, 1.54) is 18.2 Å². The van der Waals surface area contributed by atoms with Crippen LogP contribution in [-0.4, -0.2) is 10.8 Å². The monoisotopic (exact) mass is 243 g/mol. The lowest BCUT2D eigenvalue weighted by Gasteiger charge is -2.07. The number of aromatic nitrogens is 1.